The first-order valence-corrected chi connectivity index (χ1v) is 8.24. The standard InChI is InChI=1S/C19H14Cl2N2O2/c1-12-3-2-4-13(9-12)19(24)23-22-11-15-6-8-18(25-15)16-7-5-14(20)10-17(16)21/h2-11H,1H3,(H,23,24)/b22-11+. The molecule has 0 bridgehead atoms. The van der Waals surface area contributed by atoms with Gasteiger partial charge in [-0.2, -0.15) is 5.10 Å². The van der Waals surface area contributed by atoms with E-state index in [2.05, 4.69) is 10.5 Å². The lowest BCUT2D eigenvalue weighted by Crippen LogP contribution is -2.17. The lowest BCUT2D eigenvalue weighted by atomic mass is 10.1. The number of nitrogens with one attached hydrogen (secondary N) is 1. The van der Waals surface area contributed by atoms with Crippen LogP contribution in [0.3, 0.4) is 0 Å². The smallest absolute Gasteiger partial charge is 0.271 e. The number of hydrogen-bond donors (Lipinski definition) is 1. The Hall–Kier alpha value is -2.56. The molecule has 0 atom stereocenters. The number of benzene rings is 2. The van der Waals surface area contributed by atoms with Crippen molar-refractivity contribution in [1.82, 2.24) is 5.43 Å². The molecule has 0 aliphatic rings. The van der Waals surface area contributed by atoms with E-state index in [1.807, 2.05) is 19.1 Å². The monoisotopic (exact) mass is 372 g/mol. The van der Waals surface area contributed by atoms with Crippen molar-refractivity contribution >= 4 is 35.3 Å². The minimum Gasteiger partial charge on any atom is -0.455 e. The summed E-state index contributed by atoms with van der Waals surface area (Å²) in [4.78, 5) is 12.0. The molecule has 4 nitrogen and oxygen atoms in total. The van der Waals surface area contributed by atoms with Gasteiger partial charge in [0.05, 0.1) is 11.2 Å². The van der Waals surface area contributed by atoms with Crippen molar-refractivity contribution in [3.63, 3.8) is 0 Å². The van der Waals surface area contributed by atoms with Gasteiger partial charge in [-0.15, -0.1) is 0 Å². The first kappa shape index (κ1) is 17.3. The molecule has 1 N–H and O–H groups in total. The van der Waals surface area contributed by atoms with Gasteiger partial charge in [0.25, 0.3) is 5.91 Å². The number of carbonyl (C=O) groups is 1. The highest BCUT2D eigenvalue weighted by Crippen LogP contribution is 2.31. The van der Waals surface area contributed by atoms with Crippen molar-refractivity contribution in [3.05, 3.63) is 81.5 Å². The topological polar surface area (TPSA) is 54.6 Å². The maximum absolute atomic E-state index is 12.0. The Balaban J connectivity index is 1.69. The van der Waals surface area contributed by atoms with Crippen molar-refractivity contribution in [2.75, 3.05) is 0 Å². The molecule has 0 radical (unpaired) electrons. The molecule has 25 heavy (non-hydrogen) atoms. The highest BCUT2D eigenvalue weighted by Gasteiger charge is 2.09. The zero-order valence-corrected chi connectivity index (χ0v) is 14.8. The third-order valence-electron chi connectivity index (χ3n) is 3.46. The molecular weight excluding hydrogens is 359 g/mol. The molecule has 0 fully saturated rings. The van der Waals surface area contributed by atoms with Crippen LogP contribution in [-0.4, -0.2) is 12.1 Å². The van der Waals surface area contributed by atoms with E-state index in [9.17, 15) is 4.79 Å². The maximum Gasteiger partial charge on any atom is 0.271 e. The van der Waals surface area contributed by atoms with E-state index in [-0.39, 0.29) is 5.91 Å². The molecule has 0 aliphatic carbocycles. The summed E-state index contributed by atoms with van der Waals surface area (Å²) in [5, 5.41) is 4.97. The van der Waals surface area contributed by atoms with E-state index in [1.165, 1.54) is 6.21 Å². The van der Waals surface area contributed by atoms with Gasteiger partial charge in [-0.25, -0.2) is 5.43 Å². The van der Waals surface area contributed by atoms with Crippen LogP contribution in [0.2, 0.25) is 10.0 Å². The quantitative estimate of drug-likeness (QED) is 0.497. The van der Waals surface area contributed by atoms with Gasteiger partial charge in [-0.3, -0.25) is 4.79 Å². The molecule has 0 spiro atoms. The van der Waals surface area contributed by atoms with Crippen molar-refractivity contribution in [2.45, 2.75) is 6.92 Å². The van der Waals surface area contributed by atoms with Crippen LogP contribution in [0.1, 0.15) is 21.7 Å². The summed E-state index contributed by atoms with van der Waals surface area (Å²) in [6.45, 7) is 1.92. The predicted molar refractivity (Wildman–Crippen MR) is 100 cm³/mol. The largest absolute Gasteiger partial charge is 0.455 e. The van der Waals surface area contributed by atoms with Crippen molar-refractivity contribution in [1.29, 1.82) is 0 Å². The molecule has 3 rings (SSSR count). The fourth-order valence-corrected chi connectivity index (χ4v) is 2.76. The Kier molecular flexibility index (Phi) is 5.22. The van der Waals surface area contributed by atoms with E-state index < -0.39 is 0 Å². The summed E-state index contributed by atoms with van der Waals surface area (Å²) in [6.07, 6.45) is 1.43. The molecule has 2 aromatic carbocycles. The number of furan rings is 1. The third-order valence-corrected chi connectivity index (χ3v) is 4.01. The first-order valence-electron chi connectivity index (χ1n) is 7.48. The second-order valence-electron chi connectivity index (χ2n) is 5.39. The fraction of sp³-hybridized carbons (Fsp3) is 0.0526. The Bertz CT molecular complexity index is 948. The van der Waals surface area contributed by atoms with Gasteiger partial charge in [-0.1, -0.05) is 40.9 Å². The molecule has 1 aromatic heterocycles. The number of rotatable bonds is 4. The molecule has 6 heteroatoms. The van der Waals surface area contributed by atoms with Crippen LogP contribution in [-0.2, 0) is 0 Å². The van der Waals surface area contributed by atoms with Crippen molar-refractivity contribution in [3.8, 4) is 11.3 Å². The summed E-state index contributed by atoms with van der Waals surface area (Å²) in [5.41, 5.74) is 4.75. The SMILES string of the molecule is Cc1cccc(C(=O)N/N=C/c2ccc(-c3ccc(Cl)cc3Cl)o2)c1. The summed E-state index contributed by atoms with van der Waals surface area (Å²) in [5.74, 6) is 0.797. The first-order chi connectivity index (χ1) is 12.0. The Morgan fingerprint density at radius 2 is 1.96 bits per heavy atom. The molecule has 0 unspecified atom stereocenters. The molecule has 1 heterocycles. The normalized spacial score (nSPS) is 11.0. The molecule has 3 aromatic rings. The van der Waals surface area contributed by atoms with Gasteiger partial charge >= 0.3 is 0 Å². The number of carbonyl (C=O) groups excluding carboxylic acids is 1. The van der Waals surface area contributed by atoms with Gasteiger partial charge in [0, 0.05) is 16.1 Å². The number of hydrazone groups is 1. The molecule has 0 aliphatic heterocycles. The Morgan fingerprint density at radius 3 is 2.72 bits per heavy atom. The second-order valence-corrected chi connectivity index (χ2v) is 6.24. The van der Waals surface area contributed by atoms with Crippen LogP contribution in [0, 0.1) is 6.92 Å². The summed E-state index contributed by atoms with van der Waals surface area (Å²) in [6, 6.07) is 15.9. The fourth-order valence-electron chi connectivity index (χ4n) is 2.26. The van der Waals surface area contributed by atoms with Crippen LogP contribution < -0.4 is 5.43 Å². The number of aryl methyl sites for hydroxylation is 1. The van der Waals surface area contributed by atoms with E-state index in [4.69, 9.17) is 27.6 Å². The summed E-state index contributed by atoms with van der Waals surface area (Å²) >= 11 is 12.1. The van der Waals surface area contributed by atoms with Gasteiger partial charge < -0.3 is 4.42 Å². The number of amides is 1. The highest BCUT2D eigenvalue weighted by atomic mass is 35.5. The number of halogens is 2. The summed E-state index contributed by atoms with van der Waals surface area (Å²) in [7, 11) is 0. The summed E-state index contributed by atoms with van der Waals surface area (Å²) < 4.78 is 5.67. The van der Waals surface area contributed by atoms with Crippen molar-refractivity contribution in [2.24, 2.45) is 5.10 Å². The predicted octanol–water partition coefficient (Wildman–Crippen LogP) is 5.33. The Labute approximate surface area is 155 Å². The van der Waals surface area contributed by atoms with E-state index in [1.54, 1.807) is 42.5 Å². The van der Waals surface area contributed by atoms with Crippen LogP contribution in [0.25, 0.3) is 11.3 Å². The lowest BCUT2D eigenvalue weighted by molar-refractivity contribution is 0.0955. The van der Waals surface area contributed by atoms with Crippen LogP contribution in [0.5, 0.6) is 0 Å². The van der Waals surface area contributed by atoms with Crippen LogP contribution in [0.15, 0.2) is 64.1 Å². The molecule has 0 saturated carbocycles. The average Bonchev–Trinajstić information content (AvgIpc) is 3.03. The number of hydrogen-bond acceptors (Lipinski definition) is 3. The highest BCUT2D eigenvalue weighted by molar-refractivity contribution is 6.36. The zero-order valence-electron chi connectivity index (χ0n) is 13.3. The second kappa shape index (κ2) is 7.55. The van der Waals surface area contributed by atoms with Gasteiger partial charge in [0.15, 0.2) is 0 Å². The molecule has 1 amide bonds. The molecular formula is C19H14Cl2N2O2. The lowest BCUT2D eigenvalue weighted by Gasteiger charge is -2.01. The minimum atomic E-state index is -0.285. The van der Waals surface area contributed by atoms with Crippen LogP contribution in [0.4, 0.5) is 0 Å². The number of nitrogens with zero attached hydrogens (tertiary/aromatic N) is 1. The van der Waals surface area contributed by atoms with Gasteiger partial charge in [-0.05, 0) is 49.4 Å². The van der Waals surface area contributed by atoms with Gasteiger partial charge in [0.1, 0.15) is 11.5 Å². The molecule has 0 saturated heterocycles. The maximum atomic E-state index is 12.0. The minimum absolute atomic E-state index is 0.285. The van der Waals surface area contributed by atoms with E-state index >= 15 is 0 Å². The van der Waals surface area contributed by atoms with Crippen LogP contribution >= 0.6 is 23.2 Å². The third kappa shape index (κ3) is 4.29. The Morgan fingerprint density at radius 1 is 1.12 bits per heavy atom. The van der Waals surface area contributed by atoms with E-state index in [0.717, 1.165) is 11.1 Å². The zero-order chi connectivity index (χ0) is 17.8. The average molecular weight is 373 g/mol. The van der Waals surface area contributed by atoms with Crippen molar-refractivity contribution < 1.29 is 9.21 Å². The van der Waals surface area contributed by atoms with E-state index in [0.29, 0.717) is 27.1 Å². The van der Waals surface area contributed by atoms with Gasteiger partial charge in [0.2, 0.25) is 0 Å². The molecule has 126 valence electrons.